The Kier molecular flexibility index (Phi) is 7.46. The third-order valence-electron chi connectivity index (χ3n) is 8.01. The minimum atomic E-state index is -0.968. The highest BCUT2D eigenvalue weighted by atomic mass is 19.1. The van der Waals surface area contributed by atoms with Gasteiger partial charge in [0.1, 0.15) is 5.82 Å². The Hall–Kier alpha value is -4.97. The zero-order valence-electron chi connectivity index (χ0n) is 24.7. The van der Waals surface area contributed by atoms with Crippen molar-refractivity contribution in [3.63, 3.8) is 0 Å². The Balaban J connectivity index is 1.25. The number of H-pyrrole nitrogens is 1. The van der Waals surface area contributed by atoms with Crippen LogP contribution < -0.4 is 20.7 Å². The maximum atomic E-state index is 14.0. The molecule has 1 saturated heterocycles. The van der Waals surface area contributed by atoms with Gasteiger partial charge in [-0.2, -0.15) is 5.10 Å². The molecule has 2 aromatic carbocycles. The highest BCUT2D eigenvalue weighted by Gasteiger charge is 2.41. The number of nitrogens with two attached hydrogens (primary N) is 1. The number of benzene rings is 2. The van der Waals surface area contributed by atoms with E-state index in [0.717, 1.165) is 39.9 Å². The summed E-state index contributed by atoms with van der Waals surface area (Å²) in [6, 6.07) is 10.3. The summed E-state index contributed by atoms with van der Waals surface area (Å²) >= 11 is 0. The number of carbonyl (C=O) groups excluding carboxylic acids is 1. The van der Waals surface area contributed by atoms with E-state index in [1.807, 2.05) is 39.0 Å². The molecule has 0 spiro atoms. The topological polar surface area (TPSA) is 134 Å². The third-order valence-corrected chi connectivity index (χ3v) is 8.01. The number of anilines is 2. The number of hydrogen-bond acceptors (Lipinski definition) is 6. The van der Waals surface area contributed by atoms with Crippen LogP contribution in [0.3, 0.4) is 0 Å². The predicted molar refractivity (Wildman–Crippen MR) is 163 cm³/mol. The second-order valence-electron chi connectivity index (χ2n) is 11.3. The lowest BCUT2D eigenvalue weighted by Crippen LogP contribution is -2.39. The van der Waals surface area contributed by atoms with Gasteiger partial charge in [-0.05, 0) is 60.7 Å². The first-order valence-electron chi connectivity index (χ1n) is 14.4. The van der Waals surface area contributed by atoms with E-state index in [1.54, 1.807) is 23.9 Å². The Labute approximate surface area is 252 Å². The van der Waals surface area contributed by atoms with E-state index in [-0.39, 0.29) is 23.9 Å². The number of ether oxygens (including phenoxy) is 1. The van der Waals surface area contributed by atoms with Crippen molar-refractivity contribution in [2.45, 2.75) is 52.8 Å². The fourth-order valence-electron chi connectivity index (χ4n) is 5.62. The van der Waals surface area contributed by atoms with Crippen molar-refractivity contribution < 1.29 is 23.4 Å². The smallest absolute Gasteiger partial charge is 0.324 e. The van der Waals surface area contributed by atoms with Gasteiger partial charge in [-0.3, -0.25) is 4.90 Å². The number of rotatable bonds is 8. The second-order valence-corrected chi connectivity index (χ2v) is 11.3. The molecule has 3 aromatic heterocycles. The van der Waals surface area contributed by atoms with Gasteiger partial charge in [0.2, 0.25) is 11.6 Å². The summed E-state index contributed by atoms with van der Waals surface area (Å²) in [7, 11) is 0. The zero-order chi connectivity index (χ0) is 31.3. The van der Waals surface area contributed by atoms with Crippen molar-refractivity contribution >= 4 is 28.4 Å². The fourth-order valence-corrected chi connectivity index (χ4v) is 5.62. The number of nitrogens with zero attached hydrogens (tertiary/aromatic N) is 4. The highest BCUT2D eigenvalue weighted by molar-refractivity contribution is 5.98. The number of nitrogens with one attached hydrogen (secondary N) is 2. The molecule has 0 saturated carbocycles. The normalized spacial score (nSPS) is 16.7. The minimum Gasteiger partial charge on any atom is -0.433 e. The maximum absolute atomic E-state index is 14.0. The average Bonchev–Trinajstić information content (AvgIpc) is 3.64. The molecule has 5 aromatic rings. The first kappa shape index (κ1) is 29.1. The Morgan fingerprint density at radius 1 is 1.09 bits per heavy atom. The van der Waals surface area contributed by atoms with Gasteiger partial charge in [-0.1, -0.05) is 26.8 Å². The van der Waals surface area contributed by atoms with Gasteiger partial charge in [0.25, 0.3) is 0 Å². The summed E-state index contributed by atoms with van der Waals surface area (Å²) in [5.41, 5.74) is 11.9. The average molecular weight is 602 g/mol. The fraction of sp³-hybridized carbons (Fsp3) is 0.281. The first-order chi connectivity index (χ1) is 21.0. The number of nitrogen functional groups attached to an aromatic ring is 1. The van der Waals surface area contributed by atoms with Crippen LogP contribution >= 0.6 is 0 Å². The van der Waals surface area contributed by atoms with Crippen molar-refractivity contribution in [2.75, 3.05) is 10.6 Å². The lowest BCUT2D eigenvalue weighted by molar-refractivity contribution is 0.140. The molecule has 5 N–H and O–H groups in total. The number of amides is 2. The molecule has 1 fully saturated rings. The summed E-state index contributed by atoms with van der Waals surface area (Å²) in [6.07, 6.45) is 3.34. The van der Waals surface area contributed by atoms with Crippen molar-refractivity contribution in [3.05, 3.63) is 88.9 Å². The molecule has 4 heterocycles. The molecule has 0 aliphatic carbocycles. The van der Waals surface area contributed by atoms with E-state index in [0.29, 0.717) is 35.6 Å². The van der Waals surface area contributed by atoms with Crippen LogP contribution in [0.25, 0.3) is 16.6 Å². The van der Waals surface area contributed by atoms with Gasteiger partial charge in [0, 0.05) is 34.6 Å². The number of carbonyl (C=O) groups is 1. The van der Waals surface area contributed by atoms with Crippen molar-refractivity contribution in [1.29, 1.82) is 0 Å². The Morgan fingerprint density at radius 2 is 1.84 bits per heavy atom. The van der Waals surface area contributed by atoms with Crippen LogP contribution in [-0.2, 0) is 12.8 Å². The number of hydrogen-bond donors (Lipinski definition) is 4. The number of pyridine rings is 1. The van der Waals surface area contributed by atoms with Crippen LogP contribution in [0.5, 0.6) is 11.6 Å². The third kappa shape index (κ3) is 5.11. The van der Waals surface area contributed by atoms with Gasteiger partial charge in [-0.15, -0.1) is 0 Å². The number of aromatic nitrogens is 4. The predicted octanol–water partition coefficient (Wildman–Crippen LogP) is 5.74. The quantitative estimate of drug-likeness (QED) is 0.179. The summed E-state index contributed by atoms with van der Waals surface area (Å²) in [5.74, 6) is -1.66. The van der Waals surface area contributed by atoms with Crippen molar-refractivity contribution in [2.24, 2.45) is 5.92 Å². The summed E-state index contributed by atoms with van der Waals surface area (Å²) in [6.45, 7) is 7.74. The molecule has 12 heteroatoms. The number of aryl methyl sites for hydroxylation is 2. The van der Waals surface area contributed by atoms with Gasteiger partial charge in [0.15, 0.2) is 17.9 Å². The monoisotopic (exact) mass is 601 g/mol. The summed E-state index contributed by atoms with van der Waals surface area (Å²) in [5, 5.41) is 19.3. The molecular formula is C32H33F2N7O3. The summed E-state index contributed by atoms with van der Waals surface area (Å²) < 4.78 is 35.0. The maximum Gasteiger partial charge on any atom is 0.324 e. The largest absolute Gasteiger partial charge is 0.433 e. The zero-order valence-corrected chi connectivity index (χ0v) is 24.7. The van der Waals surface area contributed by atoms with E-state index in [9.17, 15) is 18.7 Å². The number of urea groups is 1. The minimum absolute atomic E-state index is 0.0313. The lowest BCUT2D eigenvalue weighted by Gasteiger charge is -2.25. The first-order valence-corrected chi connectivity index (χ1v) is 14.4. The van der Waals surface area contributed by atoms with Gasteiger partial charge >= 0.3 is 6.03 Å². The molecule has 228 valence electrons. The highest BCUT2D eigenvalue weighted by Crippen LogP contribution is 2.34. The van der Waals surface area contributed by atoms with E-state index < -0.39 is 23.6 Å². The Morgan fingerprint density at radius 3 is 2.50 bits per heavy atom. The molecule has 0 radical (unpaired) electrons. The molecule has 44 heavy (non-hydrogen) atoms. The number of para-hydroxylation sites is 1. The Bertz CT molecular complexity index is 1860. The lowest BCUT2D eigenvalue weighted by atomic mass is 10.0. The van der Waals surface area contributed by atoms with Crippen LogP contribution in [-0.4, -0.2) is 43.2 Å². The molecule has 6 rings (SSSR count). The van der Waals surface area contributed by atoms with Gasteiger partial charge < -0.3 is 25.9 Å². The van der Waals surface area contributed by atoms with Crippen LogP contribution in [0.2, 0.25) is 0 Å². The van der Waals surface area contributed by atoms with Gasteiger partial charge in [-0.25, -0.2) is 23.2 Å². The molecule has 2 atom stereocenters. The van der Waals surface area contributed by atoms with E-state index >= 15 is 0 Å². The molecule has 2 amide bonds. The van der Waals surface area contributed by atoms with E-state index in [2.05, 4.69) is 20.4 Å². The van der Waals surface area contributed by atoms with Crippen LogP contribution in [0, 0.1) is 24.5 Å². The number of halogens is 2. The molecular weight excluding hydrogens is 568 g/mol. The van der Waals surface area contributed by atoms with Crippen LogP contribution in [0.1, 0.15) is 43.2 Å². The van der Waals surface area contributed by atoms with Gasteiger partial charge in [0.05, 0.1) is 29.8 Å². The molecule has 0 bridgehead atoms. The van der Waals surface area contributed by atoms with E-state index in [1.165, 1.54) is 17.2 Å². The number of fused-ring (bicyclic) bond motifs is 1. The number of aliphatic hydroxyl groups is 1. The summed E-state index contributed by atoms with van der Waals surface area (Å²) in [4.78, 5) is 21.9. The molecule has 1 unspecified atom stereocenters. The number of aromatic amines is 1. The molecule has 1 aliphatic heterocycles. The molecule has 10 nitrogen and oxygen atoms in total. The van der Waals surface area contributed by atoms with Crippen LogP contribution in [0.4, 0.5) is 25.1 Å². The SMILES string of the molecule is CCc1cc2cc(Cc3cnn(-c4cnc(Oc5c(F)cccc5F)cc4C)c3N)[nH]c2cc1N1C(=O)N[C@@H](C(C)C)C1O. The standard InChI is InChI=1S/C32H33F2N7O3/c1-5-18-10-19-11-21(38-24(19)13-25(18)40-31(42)28(16(2)3)39-32(40)43)12-20-14-37-41(30(20)35)26-15-36-27(9-17(26)4)44-29-22(33)7-6-8-23(29)34/h6-11,13-16,28,31,38,42H,5,12,35H2,1-4H3,(H,39,43)/t28-,31?/m0/s1. The van der Waals surface area contributed by atoms with Crippen LogP contribution in [0.15, 0.2) is 54.9 Å². The van der Waals surface area contributed by atoms with Crippen molar-refractivity contribution in [3.8, 4) is 17.3 Å². The molecule has 1 aliphatic rings. The van der Waals surface area contributed by atoms with E-state index in [4.69, 9.17) is 10.5 Å². The number of aliphatic hydroxyl groups excluding tert-OH is 1. The second kappa shape index (κ2) is 11.3. The van der Waals surface area contributed by atoms with Crippen molar-refractivity contribution in [1.82, 2.24) is 25.1 Å².